The molecule has 5 nitrogen and oxygen atoms in total. The zero-order valence-electron chi connectivity index (χ0n) is 10.2. The van der Waals surface area contributed by atoms with Gasteiger partial charge in [0.05, 0.1) is 22.1 Å². The summed E-state index contributed by atoms with van der Waals surface area (Å²) in [5.41, 5.74) is -0.0636. The van der Waals surface area contributed by atoms with Crippen LogP contribution in [0.4, 0.5) is 0 Å². The van der Waals surface area contributed by atoms with Gasteiger partial charge in [-0.15, -0.1) is 0 Å². The highest BCUT2D eigenvalue weighted by molar-refractivity contribution is 8.13. The fraction of sp³-hybridized carbons (Fsp3) is 0.364. The molecule has 106 valence electrons. The zero-order valence-corrected chi connectivity index (χ0v) is 12.6. The summed E-state index contributed by atoms with van der Waals surface area (Å²) in [6.07, 6.45) is -0.482. The second-order valence-corrected chi connectivity index (χ2v) is 6.72. The molecule has 1 atom stereocenters. The maximum atomic E-state index is 11.8. The first-order chi connectivity index (χ1) is 8.75. The van der Waals surface area contributed by atoms with Crippen LogP contribution in [0, 0.1) is 0 Å². The third kappa shape index (κ3) is 4.65. The third-order valence-electron chi connectivity index (χ3n) is 2.15. The van der Waals surface area contributed by atoms with Gasteiger partial charge in [-0.3, -0.25) is 0 Å². The average Bonchev–Trinajstić information content (AvgIpc) is 2.27. The molecule has 0 spiro atoms. The summed E-state index contributed by atoms with van der Waals surface area (Å²) in [7, 11) is 2.74. The smallest absolute Gasteiger partial charge is 0.340 e. The third-order valence-corrected chi connectivity index (χ3v) is 3.83. The summed E-state index contributed by atoms with van der Waals surface area (Å²) in [5, 5.41) is 0.0821. The standard InChI is InChI=1S/C11H12Cl2O5S/c1-7(6-17-2)18-11(14)9-5-8(19(13,15)16)3-4-10(9)12/h3-5,7H,6H2,1-2H3. The van der Waals surface area contributed by atoms with Crippen molar-refractivity contribution in [1.82, 2.24) is 0 Å². The van der Waals surface area contributed by atoms with E-state index >= 15 is 0 Å². The number of rotatable bonds is 5. The molecule has 0 aliphatic carbocycles. The molecule has 1 aromatic rings. The Hall–Kier alpha value is -0.820. The topological polar surface area (TPSA) is 69.7 Å². The number of ether oxygens (including phenoxy) is 2. The molecule has 0 aromatic heterocycles. The van der Waals surface area contributed by atoms with E-state index in [4.69, 9.17) is 31.8 Å². The molecule has 1 rings (SSSR count). The average molecular weight is 327 g/mol. The lowest BCUT2D eigenvalue weighted by atomic mass is 10.2. The van der Waals surface area contributed by atoms with Crippen LogP contribution in [0.25, 0.3) is 0 Å². The molecule has 0 N–H and O–H groups in total. The summed E-state index contributed by atoms with van der Waals surface area (Å²) in [6, 6.07) is 3.56. The van der Waals surface area contributed by atoms with Crippen LogP contribution in [0.5, 0.6) is 0 Å². The quantitative estimate of drug-likeness (QED) is 0.614. The van der Waals surface area contributed by atoms with Crippen molar-refractivity contribution >= 4 is 37.3 Å². The van der Waals surface area contributed by atoms with Gasteiger partial charge in [0.15, 0.2) is 0 Å². The number of halogens is 2. The Morgan fingerprint density at radius 2 is 2.05 bits per heavy atom. The SMILES string of the molecule is COCC(C)OC(=O)c1cc(S(=O)(=O)Cl)ccc1Cl. The lowest BCUT2D eigenvalue weighted by molar-refractivity contribution is 0.0120. The van der Waals surface area contributed by atoms with Gasteiger partial charge < -0.3 is 9.47 Å². The summed E-state index contributed by atoms with van der Waals surface area (Å²) in [5.74, 6) is -0.739. The zero-order chi connectivity index (χ0) is 14.6. The molecule has 0 heterocycles. The van der Waals surface area contributed by atoms with Crippen LogP contribution in [-0.4, -0.2) is 34.2 Å². The molecule has 0 aliphatic rings. The molecular formula is C11H12Cl2O5S. The lowest BCUT2D eigenvalue weighted by Crippen LogP contribution is -2.20. The number of methoxy groups -OCH3 is 1. The van der Waals surface area contributed by atoms with Crippen molar-refractivity contribution in [2.45, 2.75) is 17.9 Å². The van der Waals surface area contributed by atoms with Crippen LogP contribution in [0.3, 0.4) is 0 Å². The number of benzene rings is 1. The largest absolute Gasteiger partial charge is 0.457 e. The van der Waals surface area contributed by atoms with Crippen molar-refractivity contribution in [3.63, 3.8) is 0 Å². The molecule has 0 saturated carbocycles. The van der Waals surface area contributed by atoms with E-state index in [1.54, 1.807) is 6.92 Å². The van der Waals surface area contributed by atoms with Gasteiger partial charge in [-0.25, -0.2) is 13.2 Å². The Labute approximate surface area is 120 Å². The van der Waals surface area contributed by atoms with Crippen LogP contribution >= 0.6 is 22.3 Å². The van der Waals surface area contributed by atoms with E-state index < -0.39 is 21.1 Å². The van der Waals surface area contributed by atoms with Gasteiger partial charge in [0, 0.05) is 17.8 Å². The maximum absolute atomic E-state index is 11.8. The van der Waals surface area contributed by atoms with E-state index in [0.29, 0.717) is 0 Å². The molecule has 0 saturated heterocycles. The van der Waals surface area contributed by atoms with Crippen molar-refractivity contribution in [3.8, 4) is 0 Å². The fourth-order valence-corrected chi connectivity index (χ4v) is 2.30. The monoisotopic (exact) mass is 326 g/mol. The summed E-state index contributed by atoms with van der Waals surface area (Å²) in [4.78, 5) is 11.6. The second kappa shape index (κ2) is 6.56. The Kier molecular flexibility index (Phi) is 5.61. The number of esters is 1. The van der Waals surface area contributed by atoms with Crippen LogP contribution in [0.2, 0.25) is 5.02 Å². The van der Waals surface area contributed by atoms with Gasteiger partial charge in [-0.05, 0) is 25.1 Å². The van der Waals surface area contributed by atoms with Gasteiger partial charge >= 0.3 is 5.97 Å². The molecule has 0 aliphatic heterocycles. The van der Waals surface area contributed by atoms with Crippen molar-refractivity contribution in [3.05, 3.63) is 28.8 Å². The van der Waals surface area contributed by atoms with Gasteiger partial charge in [-0.1, -0.05) is 11.6 Å². The maximum Gasteiger partial charge on any atom is 0.340 e. The van der Waals surface area contributed by atoms with Crippen molar-refractivity contribution in [2.75, 3.05) is 13.7 Å². The molecule has 0 fully saturated rings. The number of carbonyl (C=O) groups is 1. The Bertz CT molecular complexity index is 570. The summed E-state index contributed by atoms with van der Waals surface area (Å²) < 4.78 is 32.2. The first-order valence-corrected chi connectivity index (χ1v) is 7.88. The van der Waals surface area contributed by atoms with E-state index in [9.17, 15) is 13.2 Å². The molecule has 8 heteroatoms. The highest BCUT2D eigenvalue weighted by Crippen LogP contribution is 2.23. The van der Waals surface area contributed by atoms with Gasteiger partial charge in [-0.2, -0.15) is 0 Å². The van der Waals surface area contributed by atoms with Gasteiger partial charge in [0.1, 0.15) is 6.10 Å². The molecule has 0 radical (unpaired) electrons. The Balaban J connectivity index is 3.03. The van der Waals surface area contributed by atoms with Crippen molar-refractivity contribution in [1.29, 1.82) is 0 Å². The van der Waals surface area contributed by atoms with E-state index in [1.807, 2.05) is 0 Å². The van der Waals surface area contributed by atoms with Gasteiger partial charge in [0.25, 0.3) is 9.05 Å². The normalized spacial score (nSPS) is 13.1. The van der Waals surface area contributed by atoms with E-state index in [1.165, 1.54) is 19.2 Å². The van der Waals surface area contributed by atoms with Crippen LogP contribution < -0.4 is 0 Å². The predicted octanol–water partition coefficient (Wildman–Crippen LogP) is 2.46. The summed E-state index contributed by atoms with van der Waals surface area (Å²) >= 11 is 5.83. The molecular weight excluding hydrogens is 315 g/mol. The molecule has 1 unspecified atom stereocenters. The van der Waals surface area contributed by atoms with E-state index in [-0.39, 0.29) is 22.1 Å². The minimum absolute atomic E-state index is 0.0636. The first-order valence-electron chi connectivity index (χ1n) is 5.20. The highest BCUT2D eigenvalue weighted by Gasteiger charge is 2.19. The number of hydrogen-bond donors (Lipinski definition) is 0. The molecule has 1 aromatic carbocycles. The highest BCUT2D eigenvalue weighted by atomic mass is 35.7. The summed E-state index contributed by atoms with van der Waals surface area (Å²) in [6.45, 7) is 1.86. The van der Waals surface area contributed by atoms with Crippen molar-refractivity contribution < 1.29 is 22.7 Å². The van der Waals surface area contributed by atoms with Crippen LogP contribution in [0.15, 0.2) is 23.1 Å². The van der Waals surface area contributed by atoms with Crippen LogP contribution in [-0.2, 0) is 18.5 Å². The molecule has 19 heavy (non-hydrogen) atoms. The predicted molar refractivity (Wildman–Crippen MR) is 71.2 cm³/mol. The van der Waals surface area contributed by atoms with E-state index in [2.05, 4.69) is 0 Å². The number of carbonyl (C=O) groups excluding carboxylic acids is 1. The number of hydrogen-bond acceptors (Lipinski definition) is 5. The minimum atomic E-state index is -3.93. The van der Waals surface area contributed by atoms with Crippen LogP contribution in [0.1, 0.15) is 17.3 Å². The van der Waals surface area contributed by atoms with E-state index in [0.717, 1.165) is 6.07 Å². The molecule has 0 bridgehead atoms. The fourth-order valence-electron chi connectivity index (χ4n) is 1.33. The second-order valence-electron chi connectivity index (χ2n) is 3.75. The lowest BCUT2D eigenvalue weighted by Gasteiger charge is -2.13. The minimum Gasteiger partial charge on any atom is -0.457 e. The Morgan fingerprint density at radius 3 is 2.58 bits per heavy atom. The Morgan fingerprint density at radius 1 is 1.42 bits per heavy atom. The van der Waals surface area contributed by atoms with Crippen molar-refractivity contribution in [2.24, 2.45) is 0 Å². The first kappa shape index (κ1) is 16.2. The van der Waals surface area contributed by atoms with Gasteiger partial charge in [0.2, 0.25) is 0 Å². The molecule has 0 amide bonds.